The Morgan fingerprint density at radius 3 is 2.61 bits per heavy atom. The van der Waals surface area contributed by atoms with E-state index in [2.05, 4.69) is 15.2 Å². The molecule has 1 saturated heterocycles. The molecule has 0 spiro atoms. The van der Waals surface area contributed by atoms with Gasteiger partial charge in [-0.25, -0.2) is 4.79 Å². The van der Waals surface area contributed by atoms with Crippen molar-refractivity contribution in [1.29, 1.82) is 0 Å². The van der Waals surface area contributed by atoms with Crippen LogP contribution in [0.3, 0.4) is 0 Å². The molecule has 0 radical (unpaired) electrons. The summed E-state index contributed by atoms with van der Waals surface area (Å²) in [4.78, 5) is 44.5. The predicted molar refractivity (Wildman–Crippen MR) is 136 cm³/mol. The van der Waals surface area contributed by atoms with Gasteiger partial charge >= 0.3 is 11.9 Å². The topological polar surface area (TPSA) is 156 Å². The molecule has 2 aromatic heterocycles. The van der Waals surface area contributed by atoms with Crippen LogP contribution in [0.25, 0.3) is 10.9 Å². The van der Waals surface area contributed by atoms with Crippen LogP contribution in [0.4, 0.5) is 0 Å². The fraction of sp³-hybridized carbons (Fsp3) is 0.538. The Balaban J connectivity index is 1.69. The molecule has 12 heteroatoms. The number of esters is 1. The number of rotatable bonds is 8. The summed E-state index contributed by atoms with van der Waals surface area (Å²) in [5.74, 6) is -2.09. The third-order valence-corrected chi connectivity index (χ3v) is 6.56. The van der Waals surface area contributed by atoms with E-state index >= 15 is 0 Å². The summed E-state index contributed by atoms with van der Waals surface area (Å²) in [6.07, 6.45) is 1.81. The van der Waals surface area contributed by atoms with Crippen molar-refractivity contribution < 1.29 is 28.4 Å². The molecule has 12 nitrogen and oxygen atoms in total. The highest BCUT2D eigenvalue weighted by atomic mass is 16.6. The molecule has 0 bridgehead atoms. The van der Waals surface area contributed by atoms with Gasteiger partial charge < -0.3 is 19.7 Å². The first-order chi connectivity index (χ1) is 18.1. The lowest BCUT2D eigenvalue weighted by molar-refractivity contribution is -0.132. The summed E-state index contributed by atoms with van der Waals surface area (Å²) in [5, 5.41) is 9.05. The number of hydrogen-bond acceptors (Lipinski definition) is 10. The summed E-state index contributed by atoms with van der Waals surface area (Å²) in [7, 11) is 0. The molecular formula is C26H34N6O6. The molecule has 3 heterocycles. The fourth-order valence-electron chi connectivity index (χ4n) is 4.25. The average Bonchev–Trinajstić information content (AvgIpc) is 3.52. The van der Waals surface area contributed by atoms with E-state index in [4.69, 9.17) is 19.7 Å². The van der Waals surface area contributed by atoms with E-state index in [1.165, 1.54) is 0 Å². The maximum absolute atomic E-state index is 14.0. The van der Waals surface area contributed by atoms with Crippen molar-refractivity contribution in [2.24, 2.45) is 17.1 Å². The molecule has 1 aromatic carbocycles. The number of nitrogens with zero attached hydrogens (tertiary/aromatic N) is 5. The second-order valence-corrected chi connectivity index (χ2v) is 10.4. The predicted octanol–water partition coefficient (Wildman–Crippen LogP) is 2.57. The van der Waals surface area contributed by atoms with Gasteiger partial charge in [0.25, 0.3) is 5.91 Å². The van der Waals surface area contributed by atoms with Crippen LogP contribution < -0.4 is 5.73 Å². The third kappa shape index (κ3) is 5.91. The molecule has 204 valence electrons. The Morgan fingerprint density at radius 2 is 1.92 bits per heavy atom. The van der Waals surface area contributed by atoms with Gasteiger partial charge in [0.2, 0.25) is 5.91 Å². The van der Waals surface area contributed by atoms with Crippen LogP contribution >= 0.6 is 0 Å². The molecule has 0 aliphatic carbocycles. The summed E-state index contributed by atoms with van der Waals surface area (Å²) >= 11 is 0. The average molecular weight is 527 g/mol. The van der Waals surface area contributed by atoms with E-state index in [9.17, 15) is 14.4 Å². The van der Waals surface area contributed by atoms with Crippen molar-refractivity contribution >= 4 is 28.7 Å². The number of aromatic nitrogens is 4. The van der Waals surface area contributed by atoms with Gasteiger partial charge in [-0.05, 0) is 37.2 Å². The number of nitrogens with two attached hydrogens (primary N) is 1. The smallest absolute Gasteiger partial charge is 0.397 e. The molecule has 2 amide bonds. The van der Waals surface area contributed by atoms with Crippen molar-refractivity contribution in [2.45, 2.75) is 59.7 Å². The first-order valence-corrected chi connectivity index (χ1v) is 12.7. The van der Waals surface area contributed by atoms with Crippen molar-refractivity contribution in [3.05, 3.63) is 41.7 Å². The third-order valence-electron chi connectivity index (χ3n) is 6.56. The zero-order chi connectivity index (χ0) is 27.4. The molecule has 0 unspecified atom stereocenters. The Kier molecular flexibility index (Phi) is 8.22. The van der Waals surface area contributed by atoms with E-state index < -0.39 is 29.2 Å². The standard InChI is InChI=1S/C26H34N6O6/c1-5-37-25(35)22-28-19(30-38-22)15-31(24(34)21(27)26(2,3)4)23(33)20-17-8-6-7-9-18(17)32(29-20)14-16-10-12-36-13-11-16/h6-9,16,21H,5,10-15,27H2,1-4H3/t21-/m1/s1. The first-order valence-electron chi connectivity index (χ1n) is 12.7. The van der Waals surface area contributed by atoms with Gasteiger partial charge in [-0.2, -0.15) is 10.1 Å². The minimum absolute atomic E-state index is 0.0400. The highest BCUT2D eigenvalue weighted by Gasteiger charge is 2.37. The molecule has 4 rings (SSSR count). The fourth-order valence-corrected chi connectivity index (χ4v) is 4.25. The van der Waals surface area contributed by atoms with E-state index in [1.807, 2.05) is 43.7 Å². The quantitative estimate of drug-likeness (QED) is 0.433. The van der Waals surface area contributed by atoms with Gasteiger partial charge in [0.1, 0.15) is 0 Å². The minimum atomic E-state index is -1.00. The van der Waals surface area contributed by atoms with E-state index in [1.54, 1.807) is 13.0 Å². The Bertz CT molecular complexity index is 1300. The highest BCUT2D eigenvalue weighted by molar-refractivity contribution is 6.11. The summed E-state index contributed by atoms with van der Waals surface area (Å²) in [5.41, 5.74) is 6.56. The highest BCUT2D eigenvalue weighted by Crippen LogP contribution is 2.26. The number of hydrogen-bond donors (Lipinski definition) is 1. The number of fused-ring (bicyclic) bond motifs is 1. The SMILES string of the molecule is CCOC(=O)c1nc(CN(C(=O)c2nn(CC3CCOCC3)c3ccccc23)C(=O)[C@@H](N)C(C)(C)C)no1. The zero-order valence-electron chi connectivity index (χ0n) is 22.2. The minimum Gasteiger partial charge on any atom is -0.459 e. The monoisotopic (exact) mass is 526 g/mol. The van der Waals surface area contributed by atoms with Gasteiger partial charge in [-0.1, -0.05) is 44.1 Å². The van der Waals surface area contributed by atoms with Crippen LogP contribution in [-0.4, -0.2) is 68.5 Å². The van der Waals surface area contributed by atoms with Gasteiger partial charge in [0.05, 0.1) is 24.7 Å². The molecule has 0 saturated carbocycles. The van der Waals surface area contributed by atoms with Crippen molar-refractivity contribution in [3.8, 4) is 0 Å². The number of carbonyl (C=O) groups is 3. The van der Waals surface area contributed by atoms with Crippen LogP contribution in [0.2, 0.25) is 0 Å². The molecule has 1 atom stereocenters. The van der Waals surface area contributed by atoms with Gasteiger partial charge in [0.15, 0.2) is 11.5 Å². The zero-order valence-corrected chi connectivity index (χ0v) is 22.2. The van der Waals surface area contributed by atoms with Gasteiger partial charge in [-0.15, -0.1) is 0 Å². The first kappa shape index (κ1) is 27.4. The lowest BCUT2D eigenvalue weighted by atomic mass is 9.86. The van der Waals surface area contributed by atoms with E-state index in [0.29, 0.717) is 31.1 Å². The maximum atomic E-state index is 14.0. The van der Waals surface area contributed by atoms with Crippen molar-refractivity contribution in [3.63, 3.8) is 0 Å². The molecule has 2 N–H and O–H groups in total. The van der Waals surface area contributed by atoms with Crippen LogP contribution in [0.1, 0.15) is 67.5 Å². The number of carbonyl (C=O) groups excluding carboxylic acids is 3. The largest absolute Gasteiger partial charge is 0.459 e. The van der Waals surface area contributed by atoms with E-state index in [0.717, 1.165) is 23.3 Å². The maximum Gasteiger partial charge on any atom is 0.397 e. The van der Waals surface area contributed by atoms with E-state index in [-0.39, 0.29) is 30.6 Å². The molecular weight excluding hydrogens is 492 g/mol. The molecule has 1 aliphatic rings. The molecule has 3 aromatic rings. The normalized spacial score (nSPS) is 15.4. The van der Waals surface area contributed by atoms with Crippen LogP contribution in [0, 0.1) is 11.3 Å². The summed E-state index contributed by atoms with van der Waals surface area (Å²) < 4.78 is 17.2. The second kappa shape index (κ2) is 11.4. The Morgan fingerprint density at radius 1 is 1.21 bits per heavy atom. The lowest BCUT2D eigenvalue weighted by Crippen LogP contribution is -2.52. The summed E-state index contributed by atoms with van der Waals surface area (Å²) in [6.45, 7) is 8.86. The number of benzene rings is 1. The van der Waals surface area contributed by atoms with Crippen molar-refractivity contribution in [1.82, 2.24) is 24.8 Å². The van der Waals surface area contributed by atoms with Crippen LogP contribution in [-0.2, 0) is 27.4 Å². The van der Waals surface area contributed by atoms with Crippen molar-refractivity contribution in [2.75, 3.05) is 19.8 Å². The number of imide groups is 1. The molecule has 1 aliphatic heterocycles. The van der Waals surface area contributed by atoms with Crippen LogP contribution in [0.15, 0.2) is 28.8 Å². The van der Waals surface area contributed by atoms with Crippen LogP contribution in [0.5, 0.6) is 0 Å². The van der Waals surface area contributed by atoms with Gasteiger partial charge in [0, 0.05) is 25.1 Å². The van der Waals surface area contributed by atoms with Gasteiger partial charge in [-0.3, -0.25) is 19.2 Å². The summed E-state index contributed by atoms with van der Waals surface area (Å²) in [6, 6.07) is 6.40. The number of amides is 2. The molecule has 1 fully saturated rings. The number of ether oxygens (including phenoxy) is 2. The number of para-hydroxylation sites is 1. The lowest BCUT2D eigenvalue weighted by Gasteiger charge is -2.30. The molecule has 38 heavy (non-hydrogen) atoms. The Labute approximate surface area is 220 Å². The Hall–Kier alpha value is -3.64. The second-order valence-electron chi connectivity index (χ2n) is 10.4.